The van der Waals surface area contributed by atoms with Crippen molar-refractivity contribution in [3.8, 4) is 6.07 Å². The summed E-state index contributed by atoms with van der Waals surface area (Å²) >= 11 is 0. The molecule has 0 heterocycles. The van der Waals surface area contributed by atoms with E-state index in [2.05, 4.69) is 11.0 Å². The second-order valence-corrected chi connectivity index (χ2v) is 4.57. The van der Waals surface area contributed by atoms with E-state index in [4.69, 9.17) is 10.4 Å². The molecule has 0 saturated heterocycles. The van der Waals surface area contributed by atoms with Gasteiger partial charge in [-0.25, -0.2) is 0 Å². The second-order valence-electron chi connectivity index (χ2n) is 4.57. The Kier molecular flexibility index (Phi) is 4.10. The molecule has 0 aromatic heterocycles. The Morgan fingerprint density at radius 1 is 1.60 bits per heavy atom. The minimum absolute atomic E-state index is 0.229. The molecule has 0 amide bonds. The molecule has 0 unspecified atom stereocenters. The lowest BCUT2D eigenvalue weighted by Crippen LogP contribution is -2.27. The lowest BCUT2D eigenvalue weighted by atomic mass is 10.0. The number of aliphatic carboxylic acids is 1. The van der Waals surface area contributed by atoms with Crippen LogP contribution in [0.15, 0.2) is 0 Å². The first-order valence-electron chi connectivity index (χ1n) is 5.35. The topological polar surface area (TPSA) is 64.3 Å². The van der Waals surface area contributed by atoms with Crippen LogP contribution in [0.1, 0.15) is 32.1 Å². The van der Waals surface area contributed by atoms with E-state index in [0.717, 1.165) is 25.9 Å². The Balaban J connectivity index is 2.16. The van der Waals surface area contributed by atoms with Gasteiger partial charge in [0, 0.05) is 19.4 Å². The fraction of sp³-hybridized carbons (Fsp3) is 0.818. The Bertz CT molecular complexity index is 266. The highest BCUT2D eigenvalue weighted by atomic mass is 16.4. The molecule has 15 heavy (non-hydrogen) atoms. The van der Waals surface area contributed by atoms with Crippen LogP contribution in [0.3, 0.4) is 0 Å². The van der Waals surface area contributed by atoms with E-state index in [1.54, 1.807) is 0 Å². The van der Waals surface area contributed by atoms with Gasteiger partial charge in [0.15, 0.2) is 0 Å². The van der Waals surface area contributed by atoms with Crippen LogP contribution in [0.4, 0.5) is 0 Å². The molecule has 1 rings (SSSR count). The third kappa shape index (κ3) is 4.30. The van der Waals surface area contributed by atoms with Gasteiger partial charge in [0.25, 0.3) is 0 Å². The van der Waals surface area contributed by atoms with Gasteiger partial charge in [-0.15, -0.1) is 0 Å². The highest BCUT2D eigenvalue weighted by Crippen LogP contribution is 2.48. The average Bonchev–Trinajstić information content (AvgIpc) is 2.84. The van der Waals surface area contributed by atoms with E-state index in [-0.39, 0.29) is 11.8 Å². The van der Waals surface area contributed by atoms with Gasteiger partial charge >= 0.3 is 5.97 Å². The van der Waals surface area contributed by atoms with E-state index < -0.39 is 5.97 Å². The van der Waals surface area contributed by atoms with Crippen molar-refractivity contribution in [2.75, 3.05) is 20.1 Å². The van der Waals surface area contributed by atoms with Gasteiger partial charge in [-0.05, 0) is 38.3 Å². The molecular formula is C11H18N2O2. The van der Waals surface area contributed by atoms with Gasteiger partial charge in [-0.3, -0.25) is 4.79 Å². The molecule has 1 saturated carbocycles. The molecule has 0 spiro atoms. The van der Waals surface area contributed by atoms with Crippen molar-refractivity contribution < 1.29 is 9.90 Å². The highest BCUT2D eigenvalue weighted by molar-refractivity contribution is 5.66. The molecule has 0 aliphatic heterocycles. The minimum Gasteiger partial charge on any atom is -0.481 e. The SMILES string of the molecule is CN(CCCC(=O)O)CC1(CC#N)CC1. The van der Waals surface area contributed by atoms with Crippen molar-refractivity contribution in [3.05, 3.63) is 0 Å². The molecule has 84 valence electrons. The highest BCUT2D eigenvalue weighted by Gasteiger charge is 2.42. The summed E-state index contributed by atoms with van der Waals surface area (Å²) < 4.78 is 0. The molecule has 4 nitrogen and oxygen atoms in total. The summed E-state index contributed by atoms with van der Waals surface area (Å²) in [5.74, 6) is -0.735. The maximum Gasteiger partial charge on any atom is 0.303 e. The lowest BCUT2D eigenvalue weighted by molar-refractivity contribution is -0.137. The zero-order valence-corrected chi connectivity index (χ0v) is 9.20. The zero-order chi connectivity index (χ0) is 11.3. The van der Waals surface area contributed by atoms with Crippen molar-refractivity contribution in [2.45, 2.75) is 32.1 Å². The first-order valence-corrected chi connectivity index (χ1v) is 5.35. The predicted octanol–water partition coefficient (Wildman–Crippen LogP) is 1.48. The summed E-state index contributed by atoms with van der Waals surface area (Å²) in [6, 6.07) is 2.23. The van der Waals surface area contributed by atoms with E-state index in [0.29, 0.717) is 12.8 Å². The second kappa shape index (κ2) is 5.13. The summed E-state index contributed by atoms with van der Waals surface area (Å²) in [7, 11) is 2.00. The number of nitriles is 1. The monoisotopic (exact) mass is 210 g/mol. The number of hydrogen-bond acceptors (Lipinski definition) is 3. The fourth-order valence-corrected chi connectivity index (χ4v) is 1.89. The number of nitrogens with zero attached hydrogens (tertiary/aromatic N) is 2. The average molecular weight is 210 g/mol. The first kappa shape index (κ1) is 12.0. The largest absolute Gasteiger partial charge is 0.481 e. The maximum atomic E-state index is 10.3. The summed E-state index contributed by atoms with van der Waals surface area (Å²) in [5.41, 5.74) is 0.229. The Morgan fingerprint density at radius 3 is 2.73 bits per heavy atom. The zero-order valence-electron chi connectivity index (χ0n) is 9.20. The maximum absolute atomic E-state index is 10.3. The molecule has 1 fully saturated rings. The van der Waals surface area contributed by atoms with Crippen molar-refractivity contribution in [3.63, 3.8) is 0 Å². The fourth-order valence-electron chi connectivity index (χ4n) is 1.89. The van der Waals surface area contributed by atoms with Crippen LogP contribution in [0.25, 0.3) is 0 Å². The van der Waals surface area contributed by atoms with Crippen LogP contribution in [-0.2, 0) is 4.79 Å². The van der Waals surface area contributed by atoms with Gasteiger partial charge < -0.3 is 10.0 Å². The third-order valence-electron chi connectivity index (χ3n) is 2.95. The number of rotatable bonds is 7. The summed E-state index contributed by atoms with van der Waals surface area (Å²) in [5, 5.41) is 17.2. The number of carboxylic acids is 1. The van der Waals surface area contributed by atoms with Crippen LogP contribution in [0, 0.1) is 16.7 Å². The van der Waals surface area contributed by atoms with E-state index in [1.165, 1.54) is 0 Å². The van der Waals surface area contributed by atoms with Gasteiger partial charge in [0.2, 0.25) is 0 Å². The van der Waals surface area contributed by atoms with Crippen LogP contribution >= 0.6 is 0 Å². The van der Waals surface area contributed by atoms with E-state index in [9.17, 15) is 4.79 Å². The molecule has 4 heteroatoms. The van der Waals surface area contributed by atoms with Gasteiger partial charge in [0.05, 0.1) is 6.07 Å². The quantitative estimate of drug-likeness (QED) is 0.691. The van der Waals surface area contributed by atoms with Crippen LogP contribution in [-0.4, -0.2) is 36.1 Å². The predicted molar refractivity (Wildman–Crippen MR) is 56.3 cm³/mol. The summed E-state index contributed by atoms with van der Waals surface area (Å²) in [4.78, 5) is 12.5. The molecule has 0 aromatic carbocycles. The Hall–Kier alpha value is -1.08. The van der Waals surface area contributed by atoms with Crippen LogP contribution < -0.4 is 0 Å². The van der Waals surface area contributed by atoms with Crippen molar-refractivity contribution in [1.29, 1.82) is 5.26 Å². The Morgan fingerprint density at radius 2 is 2.27 bits per heavy atom. The molecule has 1 N–H and O–H groups in total. The molecule has 1 aliphatic rings. The molecular weight excluding hydrogens is 192 g/mol. The summed E-state index contributed by atoms with van der Waals surface area (Å²) in [6.07, 6.45) is 3.84. The number of hydrogen-bond donors (Lipinski definition) is 1. The molecule has 0 aromatic rings. The van der Waals surface area contributed by atoms with Crippen molar-refractivity contribution in [2.24, 2.45) is 5.41 Å². The molecule has 0 atom stereocenters. The van der Waals surface area contributed by atoms with Gasteiger partial charge in [0.1, 0.15) is 0 Å². The smallest absolute Gasteiger partial charge is 0.303 e. The standard InChI is InChI=1S/C11H18N2O2/c1-13(8-2-3-10(14)15)9-11(4-5-11)6-7-12/h2-6,8-9H2,1H3,(H,14,15). The minimum atomic E-state index is -0.735. The van der Waals surface area contributed by atoms with Gasteiger partial charge in [-0.1, -0.05) is 0 Å². The molecule has 1 aliphatic carbocycles. The normalized spacial score (nSPS) is 17.4. The van der Waals surface area contributed by atoms with Crippen LogP contribution in [0.5, 0.6) is 0 Å². The molecule has 0 bridgehead atoms. The van der Waals surface area contributed by atoms with E-state index in [1.807, 2.05) is 7.05 Å². The Labute approximate surface area is 90.5 Å². The third-order valence-corrected chi connectivity index (χ3v) is 2.95. The van der Waals surface area contributed by atoms with Crippen molar-refractivity contribution in [1.82, 2.24) is 4.90 Å². The lowest BCUT2D eigenvalue weighted by Gasteiger charge is -2.21. The first-order chi connectivity index (χ1) is 7.08. The summed E-state index contributed by atoms with van der Waals surface area (Å²) in [6.45, 7) is 1.74. The van der Waals surface area contributed by atoms with Crippen molar-refractivity contribution >= 4 is 5.97 Å². The molecule has 0 radical (unpaired) electrons. The van der Waals surface area contributed by atoms with Crippen LogP contribution in [0.2, 0.25) is 0 Å². The van der Waals surface area contributed by atoms with E-state index >= 15 is 0 Å². The number of carboxylic acid groups (broad SMARTS) is 1. The number of carbonyl (C=O) groups is 1. The van der Waals surface area contributed by atoms with Gasteiger partial charge in [-0.2, -0.15) is 5.26 Å².